The first kappa shape index (κ1) is 8.88. The minimum absolute atomic E-state index is 0.0417. The molecule has 0 spiro atoms. The molecule has 0 aliphatic heterocycles. The van der Waals surface area contributed by atoms with Crippen LogP contribution in [-0.4, -0.2) is 38.6 Å². The lowest BCUT2D eigenvalue weighted by atomic mass is 10.3. The van der Waals surface area contributed by atoms with E-state index >= 15 is 0 Å². The lowest BCUT2D eigenvalue weighted by Crippen LogP contribution is -2.18. The molecule has 0 saturated heterocycles. The van der Waals surface area contributed by atoms with E-state index in [1.807, 2.05) is 0 Å². The van der Waals surface area contributed by atoms with E-state index in [9.17, 15) is 0 Å². The van der Waals surface area contributed by atoms with E-state index < -0.39 is 0 Å². The minimum Gasteiger partial charge on any atom is -0.396 e. The maximum atomic E-state index is 8.46. The predicted octanol–water partition coefficient (Wildman–Crippen LogP) is 0.0302. The summed E-state index contributed by atoms with van der Waals surface area (Å²) in [6.07, 6.45) is 0.685. The zero-order valence-electron chi connectivity index (χ0n) is 5.96. The molecule has 3 heteroatoms. The molecule has 0 aliphatic rings. The van der Waals surface area contributed by atoms with E-state index in [0.29, 0.717) is 13.0 Å². The van der Waals surface area contributed by atoms with Crippen LogP contribution in [0.25, 0.3) is 0 Å². The van der Waals surface area contributed by atoms with Crippen LogP contribution in [0.15, 0.2) is 0 Å². The third-order valence-electron chi connectivity index (χ3n) is 1.14. The van der Waals surface area contributed by atoms with Gasteiger partial charge < -0.3 is 14.6 Å². The zero-order chi connectivity index (χ0) is 7.11. The Morgan fingerprint density at radius 3 is 2.44 bits per heavy atom. The molecule has 1 unspecified atom stereocenters. The third kappa shape index (κ3) is 4.39. The van der Waals surface area contributed by atoms with E-state index in [-0.39, 0.29) is 12.7 Å². The van der Waals surface area contributed by atoms with Crippen molar-refractivity contribution in [3.63, 3.8) is 0 Å². The molecule has 3 nitrogen and oxygen atoms in total. The second-order valence-corrected chi connectivity index (χ2v) is 1.83. The van der Waals surface area contributed by atoms with Crippen molar-refractivity contribution in [3.8, 4) is 0 Å². The highest BCUT2D eigenvalue weighted by Gasteiger charge is 2.03. The molecule has 0 aliphatic carbocycles. The van der Waals surface area contributed by atoms with Crippen LogP contribution >= 0.6 is 0 Å². The van der Waals surface area contributed by atoms with E-state index in [2.05, 4.69) is 0 Å². The highest BCUT2D eigenvalue weighted by atomic mass is 16.5. The van der Waals surface area contributed by atoms with Gasteiger partial charge in [0.25, 0.3) is 0 Å². The minimum atomic E-state index is 0.0417. The lowest BCUT2D eigenvalue weighted by Gasteiger charge is -2.11. The molecule has 0 aromatic rings. The van der Waals surface area contributed by atoms with Gasteiger partial charge in [-0.3, -0.25) is 0 Å². The van der Waals surface area contributed by atoms with Crippen molar-refractivity contribution in [2.75, 3.05) is 27.4 Å². The van der Waals surface area contributed by atoms with Crippen molar-refractivity contribution in [1.29, 1.82) is 0 Å². The molecule has 1 atom stereocenters. The molecule has 0 saturated carbocycles. The van der Waals surface area contributed by atoms with Crippen molar-refractivity contribution in [2.24, 2.45) is 0 Å². The second-order valence-electron chi connectivity index (χ2n) is 1.83. The SMILES string of the molecule is COCC(CCO)OC. The Bertz CT molecular complexity index is 50.3. The molecule has 9 heavy (non-hydrogen) atoms. The van der Waals surface area contributed by atoms with Crippen LogP contribution in [0.2, 0.25) is 0 Å². The van der Waals surface area contributed by atoms with E-state index in [1.54, 1.807) is 14.2 Å². The number of aliphatic hydroxyl groups excluding tert-OH is 1. The molecule has 0 bridgehead atoms. The Kier molecular flexibility index (Phi) is 5.93. The fourth-order valence-electron chi connectivity index (χ4n) is 0.599. The fourth-order valence-corrected chi connectivity index (χ4v) is 0.599. The molecule has 56 valence electrons. The number of aliphatic hydroxyl groups is 1. The average Bonchev–Trinajstić information content (AvgIpc) is 1.88. The molecule has 1 N–H and O–H groups in total. The average molecular weight is 134 g/mol. The van der Waals surface area contributed by atoms with Gasteiger partial charge in [-0.25, -0.2) is 0 Å². The third-order valence-corrected chi connectivity index (χ3v) is 1.14. The molecule has 0 amide bonds. The van der Waals surface area contributed by atoms with Crippen molar-refractivity contribution < 1.29 is 14.6 Å². The summed E-state index contributed by atoms with van der Waals surface area (Å²) in [5.74, 6) is 0. The van der Waals surface area contributed by atoms with Gasteiger partial charge >= 0.3 is 0 Å². The summed E-state index contributed by atoms with van der Waals surface area (Å²) in [6, 6.07) is 0. The molecule has 0 heterocycles. The maximum absolute atomic E-state index is 8.46. The van der Waals surface area contributed by atoms with Crippen molar-refractivity contribution in [2.45, 2.75) is 12.5 Å². The number of hydrogen-bond donors (Lipinski definition) is 1. The largest absolute Gasteiger partial charge is 0.396 e. The Balaban J connectivity index is 3.18. The number of rotatable bonds is 5. The van der Waals surface area contributed by atoms with Crippen LogP contribution in [0, 0.1) is 0 Å². The molecule has 0 fully saturated rings. The molecule has 0 aromatic carbocycles. The zero-order valence-corrected chi connectivity index (χ0v) is 5.96. The van der Waals surface area contributed by atoms with Gasteiger partial charge in [0.05, 0.1) is 12.7 Å². The van der Waals surface area contributed by atoms with Crippen LogP contribution in [-0.2, 0) is 9.47 Å². The molecular formula is C6H14O3. The fraction of sp³-hybridized carbons (Fsp3) is 1.00. The van der Waals surface area contributed by atoms with Crippen LogP contribution in [0.3, 0.4) is 0 Å². The monoisotopic (exact) mass is 134 g/mol. The number of ether oxygens (including phenoxy) is 2. The van der Waals surface area contributed by atoms with Gasteiger partial charge in [-0.2, -0.15) is 0 Å². The van der Waals surface area contributed by atoms with Gasteiger partial charge in [0.15, 0.2) is 0 Å². The highest BCUT2D eigenvalue weighted by Crippen LogP contribution is 1.94. The number of hydrogen-bond acceptors (Lipinski definition) is 3. The van der Waals surface area contributed by atoms with Crippen LogP contribution < -0.4 is 0 Å². The summed E-state index contributed by atoms with van der Waals surface area (Å²) in [7, 11) is 3.22. The van der Waals surface area contributed by atoms with Gasteiger partial charge in [-0.1, -0.05) is 0 Å². The first-order valence-electron chi connectivity index (χ1n) is 2.97. The molecular weight excluding hydrogens is 120 g/mol. The normalized spacial score (nSPS) is 13.7. The van der Waals surface area contributed by atoms with Gasteiger partial charge in [0.1, 0.15) is 0 Å². The summed E-state index contributed by atoms with van der Waals surface area (Å²) in [6.45, 7) is 0.707. The summed E-state index contributed by atoms with van der Waals surface area (Å²) in [4.78, 5) is 0. The van der Waals surface area contributed by atoms with Crippen LogP contribution in [0.4, 0.5) is 0 Å². The van der Waals surface area contributed by atoms with Crippen molar-refractivity contribution >= 4 is 0 Å². The lowest BCUT2D eigenvalue weighted by molar-refractivity contribution is 0.0141. The topological polar surface area (TPSA) is 38.7 Å². The smallest absolute Gasteiger partial charge is 0.0826 e. The standard InChI is InChI=1S/C6H14O3/c1-8-5-6(9-2)3-4-7/h6-7H,3-5H2,1-2H3. The van der Waals surface area contributed by atoms with Gasteiger partial charge in [-0.05, 0) is 6.42 Å². The van der Waals surface area contributed by atoms with Gasteiger partial charge in [-0.15, -0.1) is 0 Å². The summed E-state index contributed by atoms with van der Waals surface area (Å²) in [5, 5.41) is 8.46. The quantitative estimate of drug-likeness (QED) is 0.576. The molecule has 0 rings (SSSR count). The van der Waals surface area contributed by atoms with Crippen LogP contribution in [0.1, 0.15) is 6.42 Å². The highest BCUT2D eigenvalue weighted by molar-refractivity contribution is 4.53. The van der Waals surface area contributed by atoms with E-state index in [1.165, 1.54) is 0 Å². The second kappa shape index (κ2) is 6.01. The van der Waals surface area contributed by atoms with Crippen molar-refractivity contribution in [1.82, 2.24) is 0 Å². The Hall–Kier alpha value is -0.120. The predicted molar refractivity (Wildman–Crippen MR) is 34.4 cm³/mol. The van der Waals surface area contributed by atoms with Crippen LogP contribution in [0.5, 0.6) is 0 Å². The Labute approximate surface area is 55.6 Å². The van der Waals surface area contributed by atoms with E-state index in [4.69, 9.17) is 14.6 Å². The molecule has 0 aromatic heterocycles. The first-order chi connectivity index (χ1) is 4.35. The number of methoxy groups -OCH3 is 2. The first-order valence-corrected chi connectivity index (χ1v) is 2.97. The van der Waals surface area contributed by atoms with Crippen molar-refractivity contribution in [3.05, 3.63) is 0 Å². The van der Waals surface area contributed by atoms with Gasteiger partial charge in [0.2, 0.25) is 0 Å². The van der Waals surface area contributed by atoms with E-state index in [0.717, 1.165) is 0 Å². The maximum Gasteiger partial charge on any atom is 0.0826 e. The Morgan fingerprint density at radius 1 is 1.44 bits per heavy atom. The molecule has 0 radical (unpaired) electrons. The van der Waals surface area contributed by atoms with Gasteiger partial charge in [0, 0.05) is 20.8 Å². The summed E-state index contributed by atoms with van der Waals surface area (Å²) >= 11 is 0. The summed E-state index contributed by atoms with van der Waals surface area (Å²) < 4.78 is 9.76. The Morgan fingerprint density at radius 2 is 2.11 bits per heavy atom. The summed E-state index contributed by atoms with van der Waals surface area (Å²) in [5.41, 5.74) is 0.